The Morgan fingerprint density at radius 3 is 2.00 bits per heavy atom. The maximum Gasteiger partial charge on any atom is 0 e. The van der Waals surface area contributed by atoms with Gasteiger partial charge in [0.25, 0.3) is 0 Å². The second-order valence-corrected chi connectivity index (χ2v) is 2.75. The van der Waals surface area contributed by atoms with E-state index in [1.165, 1.54) is 0 Å². The van der Waals surface area contributed by atoms with Crippen molar-refractivity contribution in [3.8, 4) is 0 Å². The van der Waals surface area contributed by atoms with Gasteiger partial charge in [0.1, 0.15) is 0 Å². The van der Waals surface area contributed by atoms with Crippen LogP contribution in [0.4, 0.5) is 0 Å². The molecule has 1 aromatic carbocycles. The van der Waals surface area contributed by atoms with Crippen molar-refractivity contribution in [1.29, 1.82) is 0 Å². The predicted molar refractivity (Wildman–Crippen MR) is 58.1 cm³/mol. The molecule has 75 valence electrons. The minimum Gasteiger partial charge on any atom is -0.461 e. The molecule has 0 heterocycles. The van der Waals surface area contributed by atoms with E-state index < -0.39 is 0 Å². The summed E-state index contributed by atoms with van der Waals surface area (Å²) >= 11 is 0. The van der Waals surface area contributed by atoms with E-state index in [4.69, 9.17) is 0 Å². The monoisotopic (exact) mass is 264 g/mol. The van der Waals surface area contributed by atoms with Gasteiger partial charge in [0.05, 0.1) is 0 Å². The largest absolute Gasteiger partial charge is 0.461 e. The topological polar surface area (TPSA) is 3.24 Å². The predicted octanol–water partition coefficient (Wildman–Crippen LogP) is 2.77. The van der Waals surface area contributed by atoms with Crippen LogP contribution in [0, 0.1) is 12.6 Å². The van der Waals surface area contributed by atoms with Crippen LogP contribution in [0.2, 0.25) is 0 Å². The van der Waals surface area contributed by atoms with E-state index in [9.17, 15) is 0 Å². The maximum absolute atomic E-state index is 3.57. The average Bonchev–Trinajstić information content (AvgIpc) is 2.18. The fourth-order valence-corrected chi connectivity index (χ4v) is 0.627. The average molecular weight is 264 g/mol. The molecule has 14 heavy (non-hydrogen) atoms. The van der Waals surface area contributed by atoms with Crippen molar-refractivity contribution in [2.24, 2.45) is 0 Å². The van der Waals surface area contributed by atoms with Gasteiger partial charge in [-0.3, -0.25) is 6.54 Å². The fraction of sp³-hybridized carbons (Fsp3) is 0.250. The molecule has 2 heteroatoms. The van der Waals surface area contributed by atoms with Crippen LogP contribution in [-0.4, -0.2) is 19.0 Å². The molecule has 0 aliphatic rings. The molecule has 0 unspecified atom stereocenters. The second kappa shape index (κ2) is 13.0. The van der Waals surface area contributed by atoms with Crippen molar-refractivity contribution < 1.29 is 32.7 Å². The molecule has 0 aliphatic heterocycles. The van der Waals surface area contributed by atoms with Gasteiger partial charge in [0, 0.05) is 32.7 Å². The summed E-state index contributed by atoms with van der Waals surface area (Å²) in [6, 6.07) is 12.5. The SMILES string of the molecule is C=CC[CH-]N(C)C.[Y].[c-]1ccccc1. The van der Waals surface area contributed by atoms with Gasteiger partial charge in [-0.2, -0.15) is 36.4 Å². The third-order valence-corrected chi connectivity index (χ3v) is 1.24. The number of nitrogens with zero attached hydrogens (tertiary/aromatic N) is 1. The van der Waals surface area contributed by atoms with Crippen LogP contribution in [0.5, 0.6) is 0 Å². The molecule has 0 aromatic heterocycles. The normalized spacial score (nSPS) is 8.21. The molecule has 1 rings (SSSR count). The molecular weight excluding hydrogens is 247 g/mol. The van der Waals surface area contributed by atoms with Crippen molar-refractivity contribution in [3.05, 3.63) is 55.6 Å². The van der Waals surface area contributed by atoms with Gasteiger partial charge in [-0.15, -0.1) is 19.1 Å². The van der Waals surface area contributed by atoms with Crippen molar-refractivity contribution >= 4 is 0 Å². The molecular formula is C12H17NY-2. The van der Waals surface area contributed by atoms with Crippen LogP contribution in [0.15, 0.2) is 43.0 Å². The third kappa shape index (κ3) is 14.5. The number of rotatable bonds is 3. The van der Waals surface area contributed by atoms with E-state index in [0.29, 0.717) is 0 Å². The second-order valence-electron chi connectivity index (χ2n) is 2.75. The number of hydrogen-bond acceptors (Lipinski definition) is 1. The summed E-state index contributed by atoms with van der Waals surface area (Å²) < 4.78 is 0. The zero-order valence-corrected chi connectivity index (χ0v) is 11.8. The minimum absolute atomic E-state index is 0. The van der Waals surface area contributed by atoms with Crippen molar-refractivity contribution in [2.45, 2.75) is 6.42 Å². The first-order valence-electron chi connectivity index (χ1n) is 4.29. The molecule has 0 aliphatic carbocycles. The van der Waals surface area contributed by atoms with Crippen LogP contribution in [0.3, 0.4) is 0 Å². The van der Waals surface area contributed by atoms with Gasteiger partial charge in [0.15, 0.2) is 0 Å². The molecule has 0 saturated heterocycles. The summed E-state index contributed by atoms with van der Waals surface area (Å²) in [7, 11) is 4.01. The molecule has 1 radical (unpaired) electrons. The molecule has 1 nitrogen and oxygen atoms in total. The standard InChI is InChI=1S/C6H12N.C6H5.Y/c1-4-5-6-7(2)3;1-2-4-6-5-3-1;/h4,6H,1,5H2,2-3H3;1-5H;/q2*-1;. The van der Waals surface area contributed by atoms with Gasteiger partial charge in [-0.05, 0) is 14.1 Å². The first-order valence-corrected chi connectivity index (χ1v) is 4.29. The van der Waals surface area contributed by atoms with Crippen LogP contribution in [0.1, 0.15) is 6.42 Å². The van der Waals surface area contributed by atoms with Crippen molar-refractivity contribution in [2.75, 3.05) is 14.1 Å². The molecule has 0 spiro atoms. The fourth-order valence-electron chi connectivity index (χ4n) is 0.627. The Kier molecular flexibility index (Phi) is 15.3. The van der Waals surface area contributed by atoms with E-state index in [2.05, 4.69) is 19.2 Å². The van der Waals surface area contributed by atoms with Gasteiger partial charge < -0.3 is 4.90 Å². The van der Waals surface area contributed by atoms with E-state index >= 15 is 0 Å². The van der Waals surface area contributed by atoms with Crippen molar-refractivity contribution in [1.82, 2.24) is 4.90 Å². The quantitative estimate of drug-likeness (QED) is 0.599. The van der Waals surface area contributed by atoms with Gasteiger partial charge in [-0.25, -0.2) is 0 Å². The summed E-state index contributed by atoms with van der Waals surface area (Å²) in [5.41, 5.74) is 0. The van der Waals surface area contributed by atoms with Gasteiger partial charge in [-0.1, -0.05) is 0 Å². The molecule has 0 amide bonds. The Hall–Kier alpha value is 0.0239. The molecule has 0 saturated carbocycles. The molecule has 0 fully saturated rings. The Morgan fingerprint density at radius 1 is 1.29 bits per heavy atom. The zero-order valence-electron chi connectivity index (χ0n) is 8.98. The minimum atomic E-state index is 0. The summed E-state index contributed by atoms with van der Waals surface area (Å²) in [5.74, 6) is 0. The Balaban J connectivity index is 0. The van der Waals surface area contributed by atoms with E-state index in [-0.39, 0.29) is 32.7 Å². The molecule has 0 atom stereocenters. The smallest absolute Gasteiger partial charge is 0 e. The summed E-state index contributed by atoms with van der Waals surface area (Å²) in [4.78, 5) is 2.02. The van der Waals surface area contributed by atoms with E-state index in [1.54, 1.807) is 0 Å². The maximum atomic E-state index is 3.57. The van der Waals surface area contributed by atoms with Crippen LogP contribution in [0.25, 0.3) is 0 Å². The van der Waals surface area contributed by atoms with E-state index in [1.807, 2.05) is 55.4 Å². The third-order valence-electron chi connectivity index (χ3n) is 1.24. The van der Waals surface area contributed by atoms with Gasteiger partial charge in [0.2, 0.25) is 0 Å². The van der Waals surface area contributed by atoms with Crippen molar-refractivity contribution in [3.63, 3.8) is 0 Å². The number of hydrogen-bond donors (Lipinski definition) is 0. The van der Waals surface area contributed by atoms with Crippen LogP contribution < -0.4 is 0 Å². The van der Waals surface area contributed by atoms with E-state index in [0.717, 1.165) is 6.42 Å². The van der Waals surface area contributed by atoms with Gasteiger partial charge >= 0.3 is 0 Å². The summed E-state index contributed by atoms with van der Waals surface area (Å²) in [5, 5.41) is 0. The Morgan fingerprint density at radius 2 is 1.86 bits per heavy atom. The first-order chi connectivity index (χ1) is 6.27. The Labute approximate surface area is 113 Å². The molecule has 0 bridgehead atoms. The molecule has 1 aromatic rings. The Bertz CT molecular complexity index is 170. The first kappa shape index (κ1) is 16.5. The van der Waals surface area contributed by atoms with Crippen LogP contribution >= 0.6 is 0 Å². The molecule has 0 N–H and O–H groups in total. The summed E-state index contributed by atoms with van der Waals surface area (Å²) in [6.07, 6.45) is 2.84. The summed E-state index contributed by atoms with van der Waals surface area (Å²) in [6.45, 7) is 5.64. The zero-order chi connectivity index (χ0) is 9.94. The van der Waals surface area contributed by atoms with Crippen LogP contribution in [-0.2, 0) is 32.7 Å². The number of benzene rings is 1.